The number of nitrogens with zero attached hydrogens (tertiary/aromatic N) is 1. The topological polar surface area (TPSA) is 45.8 Å². The fraction of sp³-hybridized carbons (Fsp3) is 0.286. The standard InChI is InChI=1S/C14H13F3N2O/c1-3-5-8-6-9-11(7-10(8)14(15,16)17)18-12(4-2)19-13(9)20/h3,5-7H,4H2,1-2H3,(H,18,19,20)/b5-3+. The van der Waals surface area contributed by atoms with E-state index in [4.69, 9.17) is 0 Å². The second-order valence-electron chi connectivity index (χ2n) is 4.32. The van der Waals surface area contributed by atoms with E-state index >= 15 is 0 Å². The molecule has 0 aliphatic carbocycles. The van der Waals surface area contributed by atoms with Crippen LogP contribution in [0.5, 0.6) is 0 Å². The molecular formula is C14H13F3N2O. The van der Waals surface area contributed by atoms with Gasteiger partial charge >= 0.3 is 6.18 Å². The van der Waals surface area contributed by atoms with Crippen LogP contribution in [0.1, 0.15) is 30.8 Å². The van der Waals surface area contributed by atoms with Crippen LogP contribution in [0.3, 0.4) is 0 Å². The molecule has 0 aliphatic rings. The van der Waals surface area contributed by atoms with Gasteiger partial charge in [-0.2, -0.15) is 13.2 Å². The third-order valence-electron chi connectivity index (χ3n) is 2.91. The van der Waals surface area contributed by atoms with Crippen molar-refractivity contribution in [1.29, 1.82) is 0 Å². The van der Waals surface area contributed by atoms with Crippen molar-refractivity contribution in [3.63, 3.8) is 0 Å². The molecule has 0 fully saturated rings. The Morgan fingerprint density at radius 2 is 2.05 bits per heavy atom. The number of allylic oxidation sites excluding steroid dienone is 1. The predicted octanol–water partition coefficient (Wildman–Crippen LogP) is 3.54. The quantitative estimate of drug-likeness (QED) is 0.915. The van der Waals surface area contributed by atoms with Crippen LogP contribution >= 0.6 is 0 Å². The first kappa shape index (κ1) is 14.3. The minimum Gasteiger partial charge on any atom is -0.310 e. The number of hydrogen-bond donors (Lipinski definition) is 1. The van der Waals surface area contributed by atoms with Crippen LogP contribution < -0.4 is 5.56 Å². The maximum absolute atomic E-state index is 13.0. The van der Waals surface area contributed by atoms with Crippen LogP contribution in [0.15, 0.2) is 23.0 Å². The first-order valence-corrected chi connectivity index (χ1v) is 6.13. The predicted molar refractivity (Wildman–Crippen MR) is 71.5 cm³/mol. The normalized spacial score (nSPS) is 12.4. The molecular weight excluding hydrogens is 269 g/mol. The molecule has 0 saturated heterocycles. The summed E-state index contributed by atoms with van der Waals surface area (Å²) in [5, 5.41) is 0.156. The fourth-order valence-corrected chi connectivity index (χ4v) is 1.98. The first-order chi connectivity index (χ1) is 9.36. The number of aromatic nitrogens is 2. The largest absolute Gasteiger partial charge is 0.417 e. The van der Waals surface area contributed by atoms with Crippen molar-refractivity contribution in [2.75, 3.05) is 0 Å². The smallest absolute Gasteiger partial charge is 0.310 e. The fourth-order valence-electron chi connectivity index (χ4n) is 1.98. The van der Waals surface area contributed by atoms with Crippen molar-refractivity contribution in [3.05, 3.63) is 45.5 Å². The van der Waals surface area contributed by atoms with E-state index in [1.54, 1.807) is 13.8 Å². The van der Waals surface area contributed by atoms with Gasteiger partial charge in [0.2, 0.25) is 0 Å². The third-order valence-corrected chi connectivity index (χ3v) is 2.91. The minimum atomic E-state index is -4.49. The number of aromatic amines is 1. The van der Waals surface area contributed by atoms with Gasteiger partial charge in [-0.3, -0.25) is 4.79 Å². The van der Waals surface area contributed by atoms with Gasteiger partial charge in [-0.25, -0.2) is 4.98 Å². The Balaban J connectivity index is 2.85. The summed E-state index contributed by atoms with van der Waals surface area (Å²) in [7, 11) is 0. The average molecular weight is 282 g/mol. The molecule has 1 aromatic carbocycles. The number of nitrogens with one attached hydrogen (secondary N) is 1. The van der Waals surface area contributed by atoms with Gasteiger partial charge in [-0.05, 0) is 24.6 Å². The summed E-state index contributed by atoms with van der Waals surface area (Å²) in [6.45, 7) is 3.38. The van der Waals surface area contributed by atoms with Crippen LogP contribution in [0.25, 0.3) is 17.0 Å². The van der Waals surface area contributed by atoms with Crippen molar-refractivity contribution in [2.45, 2.75) is 26.4 Å². The lowest BCUT2D eigenvalue weighted by molar-refractivity contribution is -0.137. The van der Waals surface area contributed by atoms with E-state index < -0.39 is 17.3 Å². The van der Waals surface area contributed by atoms with E-state index in [0.717, 1.165) is 6.07 Å². The van der Waals surface area contributed by atoms with Gasteiger partial charge in [-0.1, -0.05) is 19.1 Å². The number of alkyl halides is 3. The molecule has 2 aromatic rings. The van der Waals surface area contributed by atoms with Crippen molar-refractivity contribution in [2.24, 2.45) is 0 Å². The molecule has 0 saturated carbocycles. The number of H-pyrrole nitrogens is 1. The summed E-state index contributed by atoms with van der Waals surface area (Å²) in [6.07, 6.45) is -1.21. The highest BCUT2D eigenvalue weighted by Crippen LogP contribution is 2.34. The van der Waals surface area contributed by atoms with Gasteiger partial charge in [-0.15, -0.1) is 0 Å². The SMILES string of the molecule is C/C=C/c1cc2c(=O)[nH]c(CC)nc2cc1C(F)(F)F. The molecule has 3 nitrogen and oxygen atoms in total. The maximum Gasteiger partial charge on any atom is 0.417 e. The number of fused-ring (bicyclic) bond motifs is 1. The second-order valence-corrected chi connectivity index (χ2v) is 4.32. The van der Waals surface area contributed by atoms with Crippen molar-refractivity contribution in [1.82, 2.24) is 9.97 Å². The molecule has 0 bridgehead atoms. The first-order valence-electron chi connectivity index (χ1n) is 6.13. The lowest BCUT2D eigenvalue weighted by atomic mass is 10.0. The van der Waals surface area contributed by atoms with E-state index in [1.807, 2.05) is 0 Å². The maximum atomic E-state index is 13.0. The molecule has 106 valence electrons. The molecule has 0 unspecified atom stereocenters. The Hall–Kier alpha value is -2.11. The molecule has 0 atom stereocenters. The number of hydrogen-bond acceptors (Lipinski definition) is 2. The van der Waals surface area contributed by atoms with Gasteiger partial charge in [0.1, 0.15) is 5.82 Å². The average Bonchev–Trinajstić information content (AvgIpc) is 2.37. The molecule has 2 rings (SSSR count). The van der Waals surface area contributed by atoms with Crippen LogP contribution in [-0.2, 0) is 12.6 Å². The van der Waals surface area contributed by atoms with Gasteiger partial charge < -0.3 is 4.98 Å². The second kappa shape index (κ2) is 5.11. The summed E-state index contributed by atoms with van der Waals surface area (Å²) in [6, 6.07) is 2.16. The summed E-state index contributed by atoms with van der Waals surface area (Å²) in [5.41, 5.74) is -1.19. The molecule has 1 aromatic heterocycles. The van der Waals surface area contributed by atoms with E-state index in [9.17, 15) is 18.0 Å². The molecule has 0 spiro atoms. The molecule has 6 heteroatoms. The zero-order valence-corrected chi connectivity index (χ0v) is 11.0. The van der Waals surface area contributed by atoms with Crippen LogP contribution in [0.2, 0.25) is 0 Å². The van der Waals surface area contributed by atoms with Crippen molar-refractivity contribution < 1.29 is 13.2 Å². The van der Waals surface area contributed by atoms with E-state index in [0.29, 0.717) is 12.2 Å². The number of benzene rings is 1. The number of halogens is 3. The Morgan fingerprint density at radius 3 is 2.60 bits per heavy atom. The minimum absolute atomic E-state index is 0.0379. The molecule has 0 radical (unpaired) electrons. The monoisotopic (exact) mass is 282 g/mol. The highest BCUT2D eigenvalue weighted by atomic mass is 19.4. The molecule has 0 amide bonds. The Morgan fingerprint density at radius 1 is 1.35 bits per heavy atom. The summed E-state index contributed by atoms with van der Waals surface area (Å²) in [4.78, 5) is 18.5. The van der Waals surface area contributed by atoms with Crippen molar-refractivity contribution in [3.8, 4) is 0 Å². The summed E-state index contributed by atoms with van der Waals surface area (Å²) < 4.78 is 39.1. The zero-order valence-electron chi connectivity index (χ0n) is 11.0. The van der Waals surface area contributed by atoms with E-state index in [1.165, 1.54) is 18.2 Å². The molecule has 1 heterocycles. The van der Waals surface area contributed by atoms with Gasteiger partial charge in [0.25, 0.3) is 5.56 Å². The van der Waals surface area contributed by atoms with Gasteiger partial charge in [0, 0.05) is 6.42 Å². The van der Waals surface area contributed by atoms with Gasteiger partial charge in [0.05, 0.1) is 16.5 Å². The molecule has 20 heavy (non-hydrogen) atoms. The Bertz CT molecular complexity index is 730. The Kier molecular flexibility index (Phi) is 3.65. The van der Waals surface area contributed by atoms with Crippen LogP contribution in [0, 0.1) is 0 Å². The Labute approximate surface area is 113 Å². The van der Waals surface area contributed by atoms with E-state index in [-0.39, 0.29) is 16.5 Å². The third kappa shape index (κ3) is 2.59. The number of aryl methyl sites for hydroxylation is 1. The summed E-state index contributed by atoms with van der Waals surface area (Å²) >= 11 is 0. The lowest BCUT2D eigenvalue weighted by Gasteiger charge is -2.12. The summed E-state index contributed by atoms with van der Waals surface area (Å²) in [5.74, 6) is 0.370. The van der Waals surface area contributed by atoms with Crippen LogP contribution in [-0.4, -0.2) is 9.97 Å². The lowest BCUT2D eigenvalue weighted by Crippen LogP contribution is -2.14. The highest BCUT2D eigenvalue weighted by molar-refractivity contribution is 5.82. The highest BCUT2D eigenvalue weighted by Gasteiger charge is 2.33. The molecule has 0 aliphatic heterocycles. The van der Waals surface area contributed by atoms with E-state index in [2.05, 4.69) is 9.97 Å². The van der Waals surface area contributed by atoms with Crippen LogP contribution in [0.4, 0.5) is 13.2 Å². The van der Waals surface area contributed by atoms with Gasteiger partial charge in [0.15, 0.2) is 0 Å². The zero-order chi connectivity index (χ0) is 14.9. The molecule has 1 N–H and O–H groups in total. The number of rotatable bonds is 2. The van der Waals surface area contributed by atoms with Crippen molar-refractivity contribution >= 4 is 17.0 Å².